The molecule has 100 valence electrons. The topological polar surface area (TPSA) is 30.5 Å². The van der Waals surface area contributed by atoms with Crippen LogP contribution in [-0.2, 0) is 0 Å². The predicted molar refractivity (Wildman–Crippen MR) is 75.4 cm³/mol. The van der Waals surface area contributed by atoms with Gasteiger partial charge >= 0.3 is 0 Å². The van der Waals surface area contributed by atoms with E-state index in [2.05, 4.69) is 25.7 Å². The Labute approximate surface area is 110 Å². The van der Waals surface area contributed by atoms with Crippen LogP contribution in [0.5, 0.6) is 11.5 Å². The Bertz CT molecular complexity index is 357. The Morgan fingerprint density at radius 1 is 1.17 bits per heavy atom. The normalized spacial score (nSPS) is 10.4. The minimum absolute atomic E-state index is 0.465. The van der Waals surface area contributed by atoms with E-state index in [1.807, 2.05) is 31.2 Å². The number of hydrogen-bond donors (Lipinski definition) is 1. The van der Waals surface area contributed by atoms with Gasteiger partial charge in [-0.25, -0.2) is 0 Å². The van der Waals surface area contributed by atoms with E-state index in [0.717, 1.165) is 23.6 Å². The Morgan fingerprint density at radius 2 is 1.72 bits per heavy atom. The van der Waals surface area contributed by atoms with Crippen LogP contribution in [0.25, 0.3) is 0 Å². The zero-order chi connectivity index (χ0) is 13.4. The van der Waals surface area contributed by atoms with Gasteiger partial charge in [0.05, 0.1) is 6.61 Å². The lowest BCUT2D eigenvalue weighted by Gasteiger charge is -2.12. The van der Waals surface area contributed by atoms with Gasteiger partial charge in [-0.05, 0) is 36.8 Å². The number of benzene rings is 1. The molecular formula is C15H23NO2. The lowest BCUT2D eigenvalue weighted by atomic mass is 10.3. The van der Waals surface area contributed by atoms with E-state index in [9.17, 15) is 0 Å². The standard InChI is InChI=1S/C15H23NO2/c1-5-17-14-6-8-15(9-7-14)18-11-13(4)10-16-12(2)3/h6-9,12,16H,4-5,10-11H2,1-3H3. The molecule has 1 aromatic carbocycles. The molecule has 0 aliphatic heterocycles. The molecule has 0 saturated carbocycles. The highest BCUT2D eigenvalue weighted by atomic mass is 16.5. The Morgan fingerprint density at radius 3 is 2.22 bits per heavy atom. The summed E-state index contributed by atoms with van der Waals surface area (Å²) in [5.41, 5.74) is 1.04. The summed E-state index contributed by atoms with van der Waals surface area (Å²) in [7, 11) is 0. The molecule has 0 bridgehead atoms. The molecule has 3 nitrogen and oxygen atoms in total. The van der Waals surface area contributed by atoms with E-state index < -0.39 is 0 Å². The second-order valence-electron chi connectivity index (χ2n) is 4.48. The molecule has 18 heavy (non-hydrogen) atoms. The summed E-state index contributed by atoms with van der Waals surface area (Å²) in [5.74, 6) is 1.70. The molecule has 0 atom stereocenters. The van der Waals surface area contributed by atoms with Crippen molar-refractivity contribution in [2.75, 3.05) is 19.8 Å². The minimum Gasteiger partial charge on any atom is -0.494 e. The Hall–Kier alpha value is -1.48. The van der Waals surface area contributed by atoms with Crippen LogP contribution >= 0.6 is 0 Å². The van der Waals surface area contributed by atoms with Gasteiger partial charge in [0.1, 0.15) is 18.1 Å². The summed E-state index contributed by atoms with van der Waals surface area (Å²) < 4.78 is 11.0. The largest absolute Gasteiger partial charge is 0.494 e. The van der Waals surface area contributed by atoms with Gasteiger partial charge < -0.3 is 14.8 Å². The first-order chi connectivity index (χ1) is 8.61. The minimum atomic E-state index is 0.465. The molecule has 0 aliphatic carbocycles. The van der Waals surface area contributed by atoms with E-state index in [0.29, 0.717) is 19.3 Å². The van der Waals surface area contributed by atoms with E-state index in [1.54, 1.807) is 0 Å². The first-order valence-corrected chi connectivity index (χ1v) is 6.37. The molecule has 0 radical (unpaired) electrons. The molecule has 0 amide bonds. The van der Waals surface area contributed by atoms with Crippen LogP contribution in [-0.4, -0.2) is 25.8 Å². The zero-order valence-electron chi connectivity index (χ0n) is 11.5. The lowest BCUT2D eigenvalue weighted by Crippen LogP contribution is -2.26. The van der Waals surface area contributed by atoms with Crippen LogP contribution in [0.4, 0.5) is 0 Å². The maximum Gasteiger partial charge on any atom is 0.120 e. The quantitative estimate of drug-likeness (QED) is 0.718. The van der Waals surface area contributed by atoms with E-state index in [1.165, 1.54) is 0 Å². The molecule has 0 aromatic heterocycles. The van der Waals surface area contributed by atoms with Crippen LogP contribution in [0.2, 0.25) is 0 Å². The van der Waals surface area contributed by atoms with Crippen molar-refractivity contribution in [2.45, 2.75) is 26.8 Å². The van der Waals surface area contributed by atoms with Crippen molar-refractivity contribution in [1.29, 1.82) is 0 Å². The van der Waals surface area contributed by atoms with Crippen LogP contribution in [0.15, 0.2) is 36.4 Å². The third-order valence-electron chi connectivity index (χ3n) is 2.34. The van der Waals surface area contributed by atoms with Crippen molar-refractivity contribution in [1.82, 2.24) is 5.32 Å². The SMILES string of the molecule is C=C(CNC(C)C)COc1ccc(OCC)cc1. The maximum absolute atomic E-state index is 5.64. The summed E-state index contributed by atoms with van der Waals surface area (Å²) in [6, 6.07) is 8.11. The average molecular weight is 249 g/mol. The fraction of sp³-hybridized carbons (Fsp3) is 0.467. The molecule has 1 rings (SSSR count). The Kier molecular flexibility index (Phi) is 6.29. The summed E-state index contributed by atoms with van der Waals surface area (Å²) in [5, 5.41) is 3.31. The van der Waals surface area contributed by atoms with Gasteiger partial charge in [0.15, 0.2) is 0 Å². The van der Waals surface area contributed by atoms with Gasteiger partial charge in [-0.1, -0.05) is 20.4 Å². The molecule has 1 N–H and O–H groups in total. The Balaban J connectivity index is 2.32. The number of hydrogen-bond acceptors (Lipinski definition) is 3. The van der Waals surface area contributed by atoms with Gasteiger partial charge in [0, 0.05) is 12.6 Å². The molecule has 3 heteroatoms. The van der Waals surface area contributed by atoms with Crippen LogP contribution in [0.1, 0.15) is 20.8 Å². The summed E-state index contributed by atoms with van der Waals surface area (Å²) in [4.78, 5) is 0. The van der Waals surface area contributed by atoms with Gasteiger partial charge in [0.25, 0.3) is 0 Å². The fourth-order valence-electron chi connectivity index (χ4n) is 1.38. The molecule has 0 fully saturated rings. The summed E-state index contributed by atoms with van der Waals surface area (Å²) >= 11 is 0. The van der Waals surface area contributed by atoms with Crippen LogP contribution in [0, 0.1) is 0 Å². The van der Waals surface area contributed by atoms with Crippen molar-refractivity contribution < 1.29 is 9.47 Å². The highest BCUT2D eigenvalue weighted by Gasteiger charge is 1.99. The van der Waals surface area contributed by atoms with Gasteiger partial charge in [-0.2, -0.15) is 0 Å². The fourth-order valence-corrected chi connectivity index (χ4v) is 1.38. The highest BCUT2D eigenvalue weighted by molar-refractivity contribution is 5.31. The van der Waals surface area contributed by atoms with Crippen LogP contribution < -0.4 is 14.8 Å². The molecule has 1 aromatic rings. The number of ether oxygens (including phenoxy) is 2. The third kappa shape index (κ3) is 5.73. The molecule has 0 unspecified atom stereocenters. The first kappa shape index (κ1) is 14.6. The van der Waals surface area contributed by atoms with E-state index in [4.69, 9.17) is 9.47 Å². The van der Waals surface area contributed by atoms with E-state index >= 15 is 0 Å². The summed E-state index contributed by atoms with van der Waals surface area (Å²) in [6.07, 6.45) is 0. The van der Waals surface area contributed by atoms with Crippen molar-refractivity contribution in [2.24, 2.45) is 0 Å². The van der Waals surface area contributed by atoms with Crippen LogP contribution in [0.3, 0.4) is 0 Å². The second-order valence-corrected chi connectivity index (χ2v) is 4.48. The van der Waals surface area contributed by atoms with Gasteiger partial charge in [-0.15, -0.1) is 0 Å². The number of rotatable bonds is 8. The van der Waals surface area contributed by atoms with Crippen molar-refractivity contribution in [3.63, 3.8) is 0 Å². The highest BCUT2D eigenvalue weighted by Crippen LogP contribution is 2.17. The molecule has 0 saturated heterocycles. The van der Waals surface area contributed by atoms with E-state index in [-0.39, 0.29) is 0 Å². The molecular weight excluding hydrogens is 226 g/mol. The zero-order valence-corrected chi connectivity index (χ0v) is 11.5. The predicted octanol–water partition coefficient (Wildman–Crippen LogP) is 3.02. The molecule has 0 spiro atoms. The van der Waals surface area contributed by atoms with Crippen molar-refractivity contribution >= 4 is 0 Å². The maximum atomic E-state index is 5.64. The van der Waals surface area contributed by atoms with Gasteiger partial charge in [0.2, 0.25) is 0 Å². The smallest absolute Gasteiger partial charge is 0.120 e. The first-order valence-electron chi connectivity index (χ1n) is 6.37. The van der Waals surface area contributed by atoms with Crippen molar-refractivity contribution in [3.05, 3.63) is 36.4 Å². The average Bonchev–Trinajstić information content (AvgIpc) is 2.36. The molecule has 0 aliphatic rings. The second kappa shape index (κ2) is 7.77. The van der Waals surface area contributed by atoms with Gasteiger partial charge in [-0.3, -0.25) is 0 Å². The lowest BCUT2D eigenvalue weighted by molar-refractivity contribution is 0.333. The van der Waals surface area contributed by atoms with Crippen molar-refractivity contribution in [3.8, 4) is 11.5 Å². The number of nitrogens with one attached hydrogen (secondary N) is 1. The monoisotopic (exact) mass is 249 g/mol. The third-order valence-corrected chi connectivity index (χ3v) is 2.34. The summed E-state index contributed by atoms with van der Waals surface area (Å²) in [6.45, 7) is 12.2. The molecule has 0 heterocycles.